The van der Waals surface area contributed by atoms with Crippen LogP contribution in [0.25, 0.3) is 0 Å². The van der Waals surface area contributed by atoms with Crippen molar-refractivity contribution in [2.75, 3.05) is 31.1 Å². The number of aromatic nitrogens is 2. The Morgan fingerprint density at radius 3 is 2.60 bits per heavy atom. The molecule has 3 rings (SSSR count). The van der Waals surface area contributed by atoms with E-state index in [-0.39, 0.29) is 5.91 Å². The molecule has 0 spiro atoms. The third kappa shape index (κ3) is 2.53. The Morgan fingerprint density at radius 2 is 2.05 bits per heavy atom. The highest BCUT2D eigenvalue weighted by atomic mass is 32.1. The standard InChI is InChI=1S/C13H16N4O2S/c1-9-8-20-13(14-9)17-5-3-16(4-6-17)12(18)11-7-10(2)19-15-11/h7-8H,3-6H2,1-2H3. The number of nitrogens with zero attached hydrogens (tertiary/aromatic N) is 4. The van der Waals surface area contributed by atoms with Gasteiger partial charge in [-0.15, -0.1) is 11.3 Å². The number of rotatable bonds is 2. The van der Waals surface area contributed by atoms with E-state index in [1.165, 1.54) is 0 Å². The summed E-state index contributed by atoms with van der Waals surface area (Å²) < 4.78 is 4.95. The van der Waals surface area contributed by atoms with Crippen molar-refractivity contribution in [2.45, 2.75) is 13.8 Å². The van der Waals surface area contributed by atoms with E-state index in [4.69, 9.17) is 4.52 Å². The van der Waals surface area contributed by atoms with Crippen molar-refractivity contribution in [3.63, 3.8) is 0 Å². The molecule has 0 aromatic carbocycles. The lowest BCUT2D eigenvalue weighted by atomic mass is 10.3. The third-order valence-corrected chi connectivity index (χ3v) is 4.31. The molecular formula is C13H16N4O2S. The van der Waals surface area contributed by atoms with Crippen molar-refractivity contribution in [3.8, 4) is 0 Å². The Bertz CT molecular complexity index is 613. The van der Waals surface area contributed by atoms with Crippen LogP contribution in [-0.4, -0.2) is 47.1 Å². The number of amides is 1. The molecule has 1 amide bonds. The van der Waals surface area contributed by atoms with Crippen molar-refractivity contribution in [1.82, 2.24) is 15.0 Å². The fourth-order valence-electron chi connectivity index (χ4n) is 2.22. The van der Waals surface area contributed by atoms with Crippen LogP contribution in [0.15, 0.2) is 16.0 Å². The second kappa shape index (κ2) is 5.24. The molecule has 1 fully saturated rings. The van der Waals surface area contributed by atoms with Gasteiger partial charge in [0.15, 0.2) is 10.8 Å². The van der Waals surface area contributed by atoms with E-state index in [1.54, 1.807) is 24.3 Å². The van der Waals surface area contributed by atoms with Gasteiger partial charge in [-0.25, -0.2) is 4.98 Å². The quantitative estimate of drug-likeness (QED) is 0.843. The SMILES string of the molecule is Cc1csc(N2CCN(C(=O)c3cc(C)on3)CC2)n1. The predicted octanol–water partition coefficient (Wildman–Crippen LogP) is 1.71. The number of aryl methyl sites for hydroxylation is 2. The zero-order chi connectivity index (χ0) is 14.1. The molecule has 1 saturated heterocycles. The Hall–Kier alpha value is -1.89. The van der Waals surface area contributed by atoms with Crippen molar-refractivity contribution >= 4 is 22.4 Å². The fourth-order valence-corrected chi connectivity index (χ4v) is 3.07. The summed E-state index contributed by atoms with van der Waals surface area (Å²) in [5.74, 6) is 0.599. The monoisotopic (exact) mass is 292 g/mol. The average molecular weight is 292 g/mol. The third-order valence-electron chi connectivity index (χ3n) is 3.29. The van der Waals surface area contributed by atoms with Gasteiger partial charge in [0.1, 0.15) is 5.76 Å². The van der Waals surface area contributed by atoms with Crippen molar-refractivity contribution < 1.29 is 9.32 Å². The molecule has 1 aliphatic rings. The number of carbonyl (C=O) groups excluding carboxylic acids is 1. The van der Waals surface area contributed by atoms with E-state index in [9.17, 15) is 4.79 Å². The average Bonchev–Trinajstić information content (AvgIpc) is 3.07. The molecule has 0 bridgehead atoms. The second-order valence-corrected chi connectivity index (χ2v) is 5.71. The van der Waals surface area contributed by atoms with Gasteiger partial charge in [-0.3, -0.25) is 4.79 Å². The van der Waals surface area contributed by atoms with Crippen LogP contribution >= 0.6 is 11.3 Å². The van der Waals surface area contributed by atoms with E-state index in [0.29, 0.717) is 24.5 Å². The van der Waals surface area contributed by atoms with E-state index in [1.807, 2.05) is 17.2 Å². The van der Waals surface area contributed by atoms with E-state index in [2.05, 4.69) is 15.0 Å². The molecule has 3 heterocycles. The number of hydrogen-bond donors (Lipinski definition) is 0. The maximum absolute atomic E-state index is 12.2. The first-order chi connectivity index (χ1) is 9.63. The van der Waals surface area contributed by atoms with Gasteiger partial charge in [0.25, 0.3) is 5.91 Å². The summed E-state index contributed by atoms with van der Waals surface area (Å²) in [5, 5.41) is 6.86. The molecule has 2 aromatic rings. The normalized spacial score (nSPS) is 15.7. The smallest absolute Gasteiger partial charge is 0.276 e. The summed E-state index contributed by atoms with van der Waals surface area (Å²) in [5.41, 5.74) is 1.43. The summed E-state index contributed by atoms with van der Waals surface area (Å²) in [7, 11) is 0. The lowest BCUT2D eigenvalue weighted by Crippen LogP contribution is -2.48. The molecule has 0 radical (unpaired) electrons. The van der Waals surface area contributed by atoms with Gasteiger partial charge in [0, 0.05) is 37.6 Å². The van der Waals surface area contributed by atoms with Crippen LogP contribution in [0.4, 0.5) is 5.13 Å². The second-order valence-electron chi connectivity index (χ2n) is 4.87. The van der Waals surface area contributed by atoms with Crippen LogP contribution in [0.2, 0.25) is 0 Å². The highest BCUT2D eigenvalue weighted by molar-refractivity contribution is 7.13. The maximum atomic E-state index is 12.2. The Balaban J connectivity index is 1.62. The minimum absolute atomic E-state index is 0.0585. The molecule has 106 valence electrons. The molecule has 0 unspecified atom stereocenters. The molecule has 6 nitrogen and oxygen atoms in total. The summed E-state index contributed by atoms with van der Waals surface area (Å²) >= 11 is 1.65. The summed E-state index contributed by atoms with van der Waals surface area (Å²) in [6.45, 7) is 6.75. The number of carbonyl (C=O) groups is 1. The van der Waals surface area contributed by atoms with E-state index < -0.39 is 0 Å². The number of anilines is 1. The minimum atomic E-state index is -0.0585. The Labute approximate surface area is 121 Å². The number of hydrogen-bond acceptors (Lipinski definition) is 6. The Morgan fingerprint density at radius 1 is 1.30 bits per heavy atom. The lowest BCUT2D eigenvalue weighted by molar-refractivity contribution is 0.0736. The Kier molecular flexibility index (Phi) is 3.43. The van der Waals surface area contributed by atoms with Crippen LogP contribution in [0, 0.1) is 13.8 Å². The van der Waals surface area contributed by atoms with Gasteiger partial charge in [-0.2, -0.15) is 0 Å². The summed E-state index contributed by atoms with van der Waals surface area (Å²) in [4.78, 5) is 20.7. The molecule has 0 aliphatic carbocycles. The minimum Gasteiger partial charge on any atom is -0.361 e. The summed E-state index contributed by atoms with van der Waals surface area (Å²) in [6, 6.07) is 1.68. The van der Waals surface area contributed by atoms with E-state index >= 15 is 0 Å². The van der Waals surface area contributed by atoms with Gasteiger partial charge >= 0.3 is 0 Å². The van der Waals surface area contributed by atoms with Crippen LogP contribution < -0.4 is 4.90 Å². The van der Waals surface area contributed by atoms with Gasteiger partial charge in [0.2, 0.25) is 0 Å². The molecule has 7 heteroatoms. The van der Waals surface area contributed by atoms with Crippen molar-refractivity contribution in [1.29, 1.82) is 0 Å². The molecule has 0 atom stereocenters. The first-order valence-corrected chi connectivity index (χ1v) is 7.41. The highest BCUT2D eigenvalue weighted by Crippen LogP contribution is 2.21. The van der Waals surface area contributed by atoms with Gasteiger partial charge in [0.05, 0.1) is 5.69 Å². The zero-order valence-electron chi connectivity index (χ0n) is 11.5. The van der Waals surface area contributed by atoms with Gasteiger partial charge < -0.3 is 14.3 Å². The van der Waals surface area contributed by atoms with Crippen LogP contribution in [0.5, 0.6) is 0 Å². The lowest BCUT2D eigenvalue weighted by Gasteiger charge is -2.34. The van der Waals surface area contributed by atoms with E-state index in [0.717, 1.165) is 23.9 Å². The molecule has 0 saturated carbocycles. The molecule has 0 N–H and O–H groups in total. The first kappa shape index (κ1) is 13.1. The van der Waals surface area contributed by atoms with Gasteiger partial charge in [-0.1, -0.05) is 5.16 Å². The van der Waals surface area contributed by atoms with Crippen LogP contribution in [0.3, 0.4) is 0 Å². The maximum Gasteiger partial charge on any atom is 0.276 e. The molecule has 20 heavy (non-hydrogen) atoms. The van der Waals surface area contributed by atoms with Crippen molar-refractivity contribution in [3.05, 3.63) is 28.6 Å². The molecule has 1 aliphatic heterocycles. The van der Waals surface area contributed by atoms with Crippen LogP contribution in [0.1, 0.15) is 21.9 Å². The number of piperazine rings is 1. The highest BCUT2D eigenvalue weighted by Gasteiger charge is 2.25. The topological polar surface area (TPSA) is 62.5 Å². The molecular weight excluding hydrogens is 276 g/mol. The zero-order valence-corrected chi connectivity index (χ0v) is 12.3. The predicted molar refractivity (Wildman–Crippen MR) is 76.2 cm³/mol. The summed E-state index contributed by atoms with van der Waals surface area (Å²) in [6.07, 6.45) is 0. The number of thiazole rings is 1. The fraction of sp³-hybridized carbons (Fsp3) is 0.462. The molecule has 2 aromatic heterocycles. The first-order valence-electron chi connectivity index (χ1n) is 6.53. The van der Waals surface area contributed by atoms with Crippen molar-refractivity contribution in [2.24, 2.45) is 0 Å². The largest absolute Gasteiger partial charge is 0.361 e. The van der Waals surface area contributed by atoms with Crippen LogP contribution in [-0.2, 0) is 0 Å². The van der Waals surface area contributed by atoms with Gasteiger partial charge in [-0.05, 0) is 13.8 Å².